The summed E-state index contributed by atoms with van der Waals surface area (Å²) in [6.07, 6.45) is 2.82. The largest absolute Gasteiger partial charge is 0.399 e. The number of rotatable bonds is 4. The molecule has 3 N–H and O–H groups in total. The molecule has 3 rings (SSSR count). The van der Waals surface area contributed by atoms with Crippen LogP contribution in [-0.4, -0.2) is 31.7 Å². The Labute approximate surface area is 147 Å². The third-order valence-corrected chi connectivity index (χ3v) is 6.09. The summed E-state index contributed by atoms with van der Waals surface area (Å²) in [4.78, 5) is 12.5. The highest BCUT2D eigenvalue weighted by Crippen LogP contribution is 2.23. The third kappa shape index (κ3) is 4.00. The molecule has 0 aliphatic carbocycles. The third-order valence-electron chi connectivity index (χ3n) is 4.19. The summed E-state index contributed by atoms with van der Waals surface area (Å²) in [7, 11) is -3.53. The minimum absolute atomic E-state index is 0.194. The maximum atomic E-state index is 12.7. The molecule has 1 heterocycles. The van der Waals surface area contributed by atoms with E-state index in [-0.39, 0.29) is 10.8 Å². The lowest BCUT2D eigenvalue weighted by atomic mass is 10.2. The molecule has 2 aromatic rings. The summed E-state index contributed by atoms with van der Waals surface area (Å²) >= 11 is 0. The van der Waals surface area contributed by atoms with Gasteiger partial charge in [-0.25, -0.2) is 8.42 Å². The van der Waals surface area contributed by atoms with Gasteiger partial charge in [0.05, 0.1) is 4.90 Å². The Hall–Kier alpha value is -2.38. The first-order valence-electron chi connectivity index (χ1n) is 8.24. The summed E-state index contributed by atoms with van der Waals surface area (Å²) < 4.78 is 27.0. The first-order chi connectivity index (χ1) is 12.0. The maximum Gasteiger partial charge on any atom is 0.255 e. The minimum Gasteiger partial charge on any atom is -0.399 e. The molecule has 1 aliphatic heterocycles. The zero-order valence-electron chi connectivity index (χ0n) is 13.8. The molecule has 0 radical (unpaired) electrons. The molecule has 1 aliphatic rings. The second-order valence-corrected chi connectivity index (χ2v) is 8.01. The smallest absolute Gasteiger partial charge is 0.255 e. The fourth-order valence-corrected chi connectivity index (χ4v) is 4.44. The lowest BCUT2D eigenvalue weighted by Gasteiger charge is -2.26. The molecule has 0 saturated carbocycles. The van der Waals surface area contributed by atoms with Crippen molar-refractivity contribution in [3.05, 3.63) is 54.1 Å². The number of hydrogen-bond acceptors (Lipinski definition) is 4. The van der Waals surface area contributed by atoms with Crippen molar-refractivity contribution in [3.63, 3.8) is 0 Å². The zero-order chi connectivity index (χ0) is 17.9. The Morgan fingerprint density at radius 3 is 2.44 bits per heavy atom. The van der Waals surface area contributed by atoms with E-state index in [0.29, 0.717) is 30.0 Å². The summed E-state index contributed by atoms with van der Waals surface area (Å²) in [5.74, 6) is -0.333. The summed E-state index contributed by atoms with van der Waals surface area (Å²) in [6, 6.07) is 13.0. The number of hydrogen-bond donors (Lipinski definition) is 2. The minimum atomic E-state index is -3.53. The molecular weight excluding hydrogens is 338 g/mol. The SMILES string of the molecule is Nc1cccc(C(=O)Nc2cccc(S(=O)(=O)N3CCCCC3)c2)c1. The number of carbonyl (C=O) groups is 1. The molecule has 6 nitrogen and oxygen atoms in total. The van der Waals surface area contributed by atoms with Gasteiger partial charge in [-0.05, 0) is 49.2 Å². The fraction of sp³-hybridized carbons (Fsp3) is 0.278. The van der Waals surface area contributed by atoms with Crippen molar-refractivity contribution in [2.45, 2.75) is 24.2 Å². The van der Waals surface area contributed by atoms with Crippen LogP contribution in [0.4, 0.5) is 11.4 Å². The van der Waals surface area contributed by atoms with E-state index in [4.69, 9.17) is 5.73 Å². The van der Waals surface area contributed by atoms with Crippen LogP contribution >= 0.6 is 0 Å². The van der Waals surface area contributed by atoms with E-state index in [9.17, 15) is 13.2 Å². The highest BCUT2D eigenvalue weighted by Gasteiger charge is 2.26. The molecule has 0 unspecified atom stereocenters. The number of nitrogens with two attached hydrogens (primary N) is 1. The van der Waals surface area contributed by atoms with Gasteiger partial charge in [0.2, 0.25) is 10.0 Å². The van der Waals surface area contributed by atoms with E-state index in [1.807, 2.05) is 0 Å². The lowest BCUT2D eigenvalue weighted by molar-refractivity contribution is 0.102. The normalized spacial score (nSPS) is 15.7. The van der Waals surface area contributed by atoms with Gasteiger partial charge < -0.3 is 11.1 Å². The molecule has 0 spiro atoms. The number of sulfonamides is 1. The van der Waals surface area contributed by atoms with Crippen LogP contribution in [0.25, 0.3) is 0 Å². The van der Waals surface area contributed by atoms with Gasteiger partial charge in [-0.2, -0.15) is 4.31 Å². The average Bonchev–Trinajstić information content (AvgIpc) is 2.62. The highest BCUT2D eigenvalue weighted by molar-refractivity contribution is 7.89. The van der Waals surface area contributed by atoms with Crippen molar-refractivity contribution in [2.75, 3.05) is 24.1 Å². The Morgan fingerprint density at radius 1 is 1.00 bits per heavy atom. The number of nitrogens with one attached hydrogen (secondary N) is 1. The molecule has 2 aromatic carbocycles. The topological polar surface area (TPSA) is 92.5 Å². The number of nitrogen functional groups attached to an aromatic ring is 1. The van der Waals surface area contributed by atoms with Gasteiger partial charge in [0.25, 0.3) is 5.91 Å². The van der Waals surface area contributed by atoms with E-state index in [0.717, 1.165) is 19.3 Å². The molecule has 0 aromatic heterocycles. The molecule has 1 amide bonds. The number of benzene rings is 2. The quantitative estimate of drug-likeness (QED) is 0.821. The van der Waals surface area contributed by atoms with E-state index in [1.165, 1.54) is 10.4 Å². The van der Waals surface area contributed by atoms with E-state index in [1.54, 1.807) is 42.5 Å². The molecule has 132 valence electrons. The molecular formula is C18H21N3O3S. The van der Waals surface area contributed by atoms with Crippen molar-refractivity contribution in [1.82, 2.24) is 4.31 Å². The van der Waals surface area contributed by atoms with Gasteiger partial charge in [0, 0.05) is 30.0 Å². The second-order valence-electron chi connectivity index (χ2n) is 6.07. The van der Waals surface area contributed by atoms with Crippen molar-refractivity contribution < 1.29 is 13.2 Å². The van der Waals surface area contributed by atoms with Crippen molar-refractivity contribution in [2.24, 2.45) is 0 Å². The first kappa shape index (κ1) is 17.4. The molecule has 1 fully saturated rings. The summed E-state index contributed by atoms with van der Waals surface area (Å²) in [6.45, 7) is 1.09. The number of nitrogens with zero attached hydrogens (tertiary/aromatic N) is 1. The Morgan fingerprint density at radius 2 is 1.72 bits per heavy atom. The van der Waals surface area contributed by atoms with Crippen LogP contribution in [0, 0.1) is 0 Å². The zero-order valence-corrected chi connectivity index (χ0v) is 14.6. The van der Waals surface area contributed by atoms with Gasteiger partial charge in [-0.15, -0.1) is 0 Å². The van der Waals surface area contributed by atoms with Crippen LogP contribution in [0.2, 0.25) is 0 Å². The predicted octanol–water partition coefficient (Wildman–Crippen LogP) is 2.70. The van der Waals surface area contributed by atoms with Gasteiger partial charge >= 0.3 is 0 Å². The van der Waals surface area contributed by atoms with Crippen molar-refractivity contribution >= 4 is 27.3 Å². The predicted molar refractivity (Wildman–Crippen MR) is 97.9 cm³/mol. The van der Waals surface area contributed by atoms with Crippen molar-refractivity contribution in [1.29, 1.82) is 0 Å². The standard InChI is InChI=1S/C18H21N3O3S/c19-15-7-4-6-14(12-15)18(22)20-16-8-5-9-17(13-16)25(23,24)21-10-2-1-3-11-21/h4-9,12-13H,1-3,10-11,19H2,(H,20,22). The van der Waals surface area contributed by atoms with E-state index < -0.39 is 10.0 Å². The second kappa shape index (κ2) is 7.25. The molecule has 0 bridgehead atoms. The van der Waals surface area contributed by atoms with Crippen LogP contribution < -0.4 is 11.1 Å². The van der Waals surface area contributed by atoms with Crippen LogP contribution in [0.1, 0.15) is 29.6 Å². The van der Waals surface area contributed by atoms with Gasteiger partial charge in [0.1, 0.15) is 0 Å². The van der Waals surface area contributed by atoms with E-state index >= 15 is 0 Å². The Balaban J connectivity index is 1.80. The lowest BCUT2D eigenvalue weighted by Crippen LogP contribution is -2.35. The number of carbonyl (C=O) groups excluding carboxylic acids is 1. The van der Waals surface area contributed by atoms with Crippen LogP contribution in [0.15, 0.2) is 53.4 Å². The monoisotopic (exact) mass is 359 g/mol. The van der Waals surface area contributed by atoms with Gasteiger partial charge in [0.15, 0.2) is 0 Å². The highest BCUT2D eigenvalue weighted by atomic mass is 32.2. The molecule has 7 heteroatoms. The molecule has 0 atom stereocenters. The number of amides is 1. The number of anilines is 2. The van der Waals surface area contributed by atoms with Gasteiger partial charge in [-0.3, -0.25) is 4.79 Å². The number of piperidine rings is 1. The van der Waals surface area contributed by atoms with Crippen LogP contribution in [0.5, 0.6) is 0 Å². The Kier molecular flexibility index (Phi) is 5.06. The van der Waals surface area contributed by atoms with Crippen LogP contribution in [0.3, 0.4) is 0 Å². The molecule has 1 saturated heterocycles. The van der Waals surface area contributed by atoms with Crippen molar-refractivity contribution in [3.8, 4) is 0 Å². The molecule has 25 heavy (non-hydrogen) atoms. The van der Waals surface area contributed by atoms with Crippen LogP contribution in [-0.2, 0) is 10.0 Å². The Bertz CT molecular complexity index is 875. The maximum absolute atomic E-state index is 12.7. The first-order valence-corrected chi connectivity index (χ1v) is 9.68. The summed E-state index contributed by atoms with van der Waals surface area (Å²) in [5.41, 5.74) is 7.04. The van der Waals surface area contributed by atoms with E-state index in [2.05, 4.69) is 5.32 Å². The van der Waals surface area contributed by atoms with Gasteiger partial charge in [-0.1, -0.05) is 18.6 Å². The fourth-order valence-electron chi connectivity index (χ4n) is 2.87. The average molecular weight is 359 g/mol. The summed E-state index contributed by atoms with van der Waals surface area (Å²) in [5, 5.41) is 2.72.